The molecule has 3 rings (SSSR count). The average Bonchev–Trinajstić information content (AvgIpc) is 3.22. The summed E-state index contributed by atoms with van der Waals surface area (Å²) in [6, 6.07) is 7.65. The normalized spacial score (nSPS) is 10.8. The van der Waals surface area contributed by atoms with Crippen LogP contribution in [0.4, 0.5) is 5.82 Å². The van der Waals surface area contributed by atoms with Crippen LogP contribution in [-0.4, -0.2) is 38.0 Å². The van der Waals surface area contributed by atoms with Gasteiger partial charge in [0, 0.05) is 24.6 Å². The summed E-state index contributed by atoms with van der Waals surface area (Å²) in [6.45, 7) is 1.31. The number of nitro groups is 1. The fraction of sp³-hybridized carbons (Fsp3) is 0.200. The Morgan fingerprint density at radius 1 is 1.22 bits per heavy atom. The summed E-state index contributed by atoms with van der Waals surface area (Å²) in [5.74, 6) is -0.173. The van der Waals surface area contributed by atoms with Crippen molar-refractivity contribution in [2.24, 2.45) is 0 Å². The molecular formula is C15H15N5O3. The third-order valence-electron chi connectivity index (χ3n) is 3.41. The van der Waals surface area contributed by atoms with Crippen molar-refractivity contribution in [3.8, 4) is 16.8 Å². The summed E-state index contributed by atoms with van der Waals surface area (Å²) in [7, 11) is 1.66. The van der Waals surface area contributed by atoms with Crippen molar-refractivity contribution in [1.29, 1.82) is 0 Å². The molecule has 23 heavy (non-hydrogen) atoms. The summed E-state index contributed by atoms with van der Waals surface area (Å²) in [5, 5.41) is 15.0. The lowest BCUT2D eigenvalue weighted by molar-refractivity contribution is -0.389. The van der Waals surface area contributed by atoms with E-state index in [1.165, 1.54) is 12.5 Å². The Kier molecular flexibility index (Phi) is 4.15. The Bertz CT molecular complexity index is 807. The third kappa shape index (κ3) is 3.27. The number of benzene rings is 1. The molecule has 0 saturated carbocycles. The van der Waals surface area contributed by atoms with E-state index >= 15 is 0 Å². The highest BCUT2D eigenvalue weighted by molar-refractivity contribution is 5.63. The SMILES string of the molecule is COCCn1cc(-c2ccc(-n3cnc([N+](=O)[O-])c3)cc2)cn1. The van der Waals surface area contributed by atoms with Gasteiger partial charge >= 0.3 is 5.82 Å². The van der Waals surface area contributed by atoms with E-state index < -0.39 is 4.92 Å². The summed E-state index contributed by atoms with van der Waals surface area (Å²) in [6.07, 6.45) is 6.57. The minimum Gasteiger partial charge on any atom is -0.383 e. The zero-order valence-corrected chi connectivity index (χ0v) is 12.5. The third-order valence-corrected chi connectivity index (χ3v) is 3.41. The van der Waals surface area contributed by atoms with Gasteiger partial charge in [-0.3, -0.25) is 9.25 Å². The van der Waals surface area contributed by atoms with E-state index in [-0.39, 0.29) is 5.82 Å². The molecule has 0 aliphatic carbocycles. The van der Waals surface area contributed by atoms with Crippen molar-refractivity contribution in [2.45, 2.75) is 6.54 Å². The Morgan fingerprint density at radius 2 is 2.00 bits per heavy atom. The van der Waals surface area contributed by atoms with Gasteiger partial charge in [-0.25, -0.2) is 0 Å². The second-order valence-electron chi connectivity index (χ2n) is 4.93. The Morgan fingerprint density at radius 3 is 2.65 bits per heavy atom. The first-order valence-electron chi connectivity index (χ1n) is 6.98. The molecule has 8 heteroatoms. The van der Waals surface area contributed by atoms with Crippen LogP contribution in [0.2, 0.25) is 0 Å². The van der Waals surface area contributed by atoms with Gasteiger partial charge < -0.3 is 14.9 Å². The molecule has 0 aliphatic rings. The summed E-state index contributed by atoms with van der Waals surface area (Å²) in [5.41, 5.74) is 2.83. The Labute approximate surface area is 132 Å². The van der Waals surface area contributed by atoms with E-state index in [9.17, 15) is 10.1 Å². The molecule has 0 amide bonds. The van der Waals surface area contributed by atoms with E-state index in [0.717, 1.165) is 16.8 Å². The number of rotatable bonds is 6. The van der Waals surface area contributed by atoms with Crippen molar-refractivity contribution >= 4 is 5.82 Å². The standard InChI is InChI=1S/C15H15N5O3/c1-23-7-6-19-9-13(8-17-19)12-2-4-14(5-3-12)18-10-15(16-11-18)20(21)22/h2-5,8-11H,6-7H2,1H3. The van der Waals surface area contributed by atoms with Crippen molar-refractivity contribution < 1.29 is 9.66 Å². The Hall–Kier alpha value is -3.00. The monoisotopic (exact) mass is 313 g/mol. The number of hydrogen-bond donors (Lipinski definition) is 0. The molecule has 0 bridgehead atoms. The number of hydrogen-bond acceptors (Lipinski definition) is 5. The molecule has 3 aromatic rings. The van der Waals surface area contributed by atoms with Gasteiger partial charge in [-0.05, 0) is 27.6 Å². The molecule has 0 aliphatic heterocycles. The van der Waals surface area contributed by atoms with Gasteiger partial charge in [-0.1, -0.05) is 12.1 Å². The van der Waals surface area contributed by atoms with E-state index in [1.54, 1.807) is 17.9 Å². The maximum atomic E-state index is 10.7. The molecule has 0 spiro atoms. The van der Waals surface area contributed by atoms with Crippen molar-refractivity contribution in [2.75, 3.05) is 13.7 Å². The number of methoxy groups -OCH3 is 1. The smallest absolute Gasteiger partial charge is 0.381 e. The van der Waals surface area contributed by atoms with E-state index in [2.05, 4.69) is 10.1 Å². The lowest BCUT2D eigenvalue weighted by Gasteiger charge is -2.02. The van der Waals surface area contributed by atoms with Gasteiger partial charge in [0.2, 0.25) is 6.33 Å². The topological polar surface area (TPSA) is 88.0 Å². The first kappa shape index (κ1) is 14.9. The number of aromatic nitrogens is 4. The highest BCUT2D eigenvalue weighted by atomic mass is 16.6. The van der Waals surface area contributed by atoms with Crippen LogP contribution < -0.4 is 0 Å². The predicted octanol–water partition coefficient (Wildman–Crippen LogP) is 2.29. The summed E-state index contributed by atoms with van der Waals surface area (Å²) in [4.78, 5) is 13.9. The molecule has 0 N–H and O–H groups in total. The first-order chi connectivity index (χ1) is 11.2. The molecule has 0 fully saturated rings. The molecule has 0 saturated heterocycles. The van der Waals surface area contributed by atoms with E-state index in [4.69, 9.17) is 4.74 Å². The van der Waals surface area contributed by atoms with Crippen molar-refractivity contribution in [1.82, 2.24) is 19.3 Å². The largest absolute Gasteiger partial charge is 0.383 e. The van der Waals surface area contributed by atoms with Gasteiger partial charge in [0.1, 0.15) is 6.20 Å². The molecule has 1 aromatic carbocycles. The minimum absolute atomic E-state index is 0.173. The predicted molar refractivity (Wildman–Crippen MR) is 83.3 cm³/mol. The van der Waals surface area contributed by atoms with Crippen LogP contribution in [0, 0.1) is 10.1 Å². The lowest BCUT2D eigenvalue weighted by atomic mass is 10.1. The van der Waals surface area contributed by atoms with Gasteiger partial charge in [0.05, 0.1) is 19.3 Å². The molecular weight excluding hydrogens is 298 g/mol. The summed E-state index contributed by atoms with van der Waals surface area (Å²) < 4.78 is 8.47. The van der Waals surface area contributed by atoms with Crippen molar-refractivity contribution in [3.05, 3.63) is 59.3 Å². The highest BCUT2D eigenvalue weighted by Crippen LogP contribution is 2.21. The molecule has 2 aromatic heterocycles. The molecule has 118 valence electrons. The zero-order chi connectivity index (χ0) is 16.2. The zero-order valence-electron chi connectivity index (χ0n) is 12.5. The maximum Gasteiger partial charge on any atom is 0.381 e. The lowest BCUT2D eigenvalue weighted by Crippen LogP contribution is -2.03. The maximum absolute atomic E-state index is 10.7. The number of nitrogens with zero attached hydrogens (tertiary/aromatic N) is 5. The minimum atomic E-state index is -0.515. The fourth-order valence-electron chi connectivity index (χ4n) is 2.19. The molecule has 0 radical (unpaired) electrons. The molecule has 0 atom stereocenters. The fourth-order valence-corrected chi connectivity index (χ4v) is 2.19. The van der Waals surface area contributed by atoms with Crippen LogP contribution >= 0.6 is 0 Å². The Balaban J connectivity index is 1.78. The van der Waals surface area contributed by atoms with Crippen LogP contribution in [0.3, 0.4) is 0 Å². The molecule has 0 unspecified atom stereocenters. The highest BCUT2D eigenvalue weighted by Gasteiger charge is 2.11. The van der Waals surface area contributed by atoms with Crippen molar-refractivity contribution in [3.63, 3.8) is 0 Å². The average molecular weight is 313 g/mol. The second kappa shape index (κ2) is 6.41. The number of ether oxygens (including phenoxy) is 1. The number of imidazole rings is 1. The van der Waals surface area contributed by atoms with E-state index in [0.29, 0.717) is 13.2 Å². The van der Waals surface area contributed by atoms with Crippen LogP contribution in [0.1, 0.15) is 0 Å². The van der Waals surface area contributed by atoms with Crippen LogP contribution in [-0.2, 0) is 11.3 Å². The van der Waals surface area contributed by atoms with E-state index in [1.807, 2.05) is 35.1 Å². The van der Waals surface area contributed by atoms with Gasteiger partial charge in [-0.15, -0.1) is 0 Å². The van der Waals surface area contributed by atoms with Crippen LogP contribution in [0.5, 0.6) is 0 Å². The second-order valence-corrected chi connectivity index (χ2v) is 4.93. The molecule has 8 nitrogen and oxygen atoms in total. The van der Waals surface area contributed by atoms with Crippen LogP contribution in [0.15, 0.2) is 49.2 Å². The quantitative estimate of drug-likeness (QED) is 0.514. The van der Waals surface area contributed by atoms with Gasteiger partial charge in [0.15, 0.2) is 0 Å². The van der Waals surface area contributed by atoms with Gasteiger partial charge in [0.25, 0.3) is 0 Å². The van der Waals surface area contributed by atoms with Crippen LogP contribution in [0.25, 0.3) is 16.8 Å². The molecule has 2 heterocycles. The van der Waals surface area contributed by atoms with Gasteiger partial charge in [-0.2, -0.15) is 5.10 Å². The summed E-state index contributed by atoms with van der Waals surface area (Å²) >= 11 is 0. The first-order valence-corrected chi connectivity index (χ1v) is 6.98.